The molecular formula is C19H30ClN3O3S. The smallest absolute Gasteiger partial charge is 0.258 e. The van der Waals surface area contributed by atoms with Gasteiger partial charge >= 0.3 is 0 Å². The van der Waals surface area contributed by atoms with Gasteiger partial charge in [0.2, 0.25) is 5.91 Å². The van der Waals surface area contributed by atoms with Crippen LogP contribution in [0, 0.1) is 0 Å². The zero-order valence-electron chi connectivity index (χ0n) is 15.7. The molecule has 0 radical (unpaired) electrons. The van der Waals surface area contributed by atoms with Gasteiger partial charge in [-0.05, 0) is 56.2 Å². The molecule has 1 atom stereocenters. The molecule has 27 heavy (non-hydrogen) atoms. The molecule has 4 N–H and O–H groups in total. The number of rotatable bonds is 9. The van der Waals surface area contributed by atoms with E-state index in [1.807, 2.05) is 24.5 Å². The lowest BCUT2D eigenvalue weighted by Gasteiger charge is -2.28. The van der Waals surface area contributed by atoms with Crippen LogP contribution in [0.3, 0.4) is 0 Å². The highest BCUT2D eigenvalue weighted by Crippen LogP contribution is 2.17. The molecule has 1 fully saturated rings. The number of hydrogen-bond acceptors (Lipinski definition) is 5. The quantitative estimate of drug-likeness (QED) is 0.574. The molecule has 2 amide bonds. The Hall–Kier alpha value is -1.44. The fraction of sp³-hybridized carbons (Fsp3) is 0.579. The first-order chi connectivity index (χ1) is 12.6. The zero-order chi connectivity index (χ0) is 18.8. The van der Waals surface area contributed by atoms with Gasteiger partial charge in [0.15, 0.2) is 6.61 Å². The van der Waals surface area contributed by atoms with Crippen molar-refractivity contribution >= 4 is 36.0 Å². The maximum atomic E-state index is 12.6. The van der Waals surface area contributed by atoms with E-state index in [0.29, 0.717) is 12.2 Å². The van der Waals surface area contributed by atoms with Gasteiger partial charge in [0.05, 0.1) is 0 Å². The van der Waals surface area contributed by atoms with Gasteiger partial charge < -0.3 is 21.1 Å². The third-order valence-corrected chi connectivity index (χ3v) is 5.14. The number of carbonyl (C=O) groups is 2. The standard InChI is InChI=1S/C19H29N3O3S.ClH/c1-26-12-11-17(19(24)21-15-9-7-14(20)8-10-15)22-18(23)13-25-16-5-3-2-4-6-16;/h2-6,14-15,17H,7-13,20H2,1H3,(H,21,24)(H,22,23);1H. The van der Waals surface area contributed by atoms with Crippen molar-refractivity contribution in [3.05, 3.63) is 30.3 Å². The first-order valence-corrected chi connectivity index (χ1v) is 10.5. The summed E-state index contributed by atoms with van der Waals surface area (Å²) >= 11 is 1.65. The summed E-state index contributed by atoms with van der Waals surface area (Å²) in [4.78, 5) is 24.8. The molecule has 2 rings (SSSR count). The number of benzene rings is 1. The maximum Gasteiger partial charge on any atom is 0.258 e. The van der Waals surface area contributed by atoms with Crippen molar-refractivity contribution in [2.75, 3.05) is 18.6 Å². The SMILES string of the molecule is CSCCC(NC(=O)COc1ccccc1)C(=O)NC1CCC(N)CC1.Cl. The van der Waals surface area contributed by atoms with Gasteiger partial charge in [0.25, 0.3) is 5.91 Å². The first-order valence-electron chi connectivity index (χ1n) is 9.10. The molecule has 1 aromatic rings. The molecule has 0 spiro atoms. The molecule has 6 nitrogen and oxygen atoms in total. The lowest BCUT2D eigenvalue weighted by atomic mass is 9.91. The molecule has 0 saturated heterocycles. The minimum atomic E-state index is -0.537. The summed E-state index contributed by atoms with van der Waals surface area (Å²) in [5, 5.41) is 5.87. The molecule has 8 heteroatoms. The highest BCUT2D eigenvalue weighted by atomic mass is 35.5. The third kappa shape index (κ3) is 8.86. The van der Waals surface area contributed by atoms with Crippen molar-refractivity contribution in [2.24, 2.45) is 5.73 Å². The fourth-order valence-electron chi connectivity index (χ4n) is 2.97. The van der Waals surface area contributed by atoms with Crippen LogP contribution >= 0.6 is 24.2 Å². The Balaban J connectivity index is 0.00000364. The van der Waals surface area contributed by atoms with Gasteiger partial charge in [-0.25, -0.2) is 0 Å². The average Bonchev–Trinajstić information content (AvgIpc) is 2.66. The number of nitrogens with one attached hydrogen (secondary N) is 2. The van der Waals surface area contributed by atoms with E-state index in [4.69, 9.17) is 10.5 Å². The topological polar surface area (TPSA) is 93.4 Å². The second-order valence-electron chi connectivity index (χ2n) is 6.62. The van der Waals surface area contributed by atoms with Crippen LogP contribution in [0.2, 0.25) is 0 Å². The van der Waals surface area contributed by atoms with Crippen molar-refractivity contribution in [3.63, 3.8) is 0 Å². The second-order valence-corrected chi connectivity index (χ2v) is 7.61. The van der Waals surface area contributed by atoms with Gasteiger partial charge in [-0.1, -0.05) is 18.2 Å². The van der Waals surface area contributed by atoms with E-state index in [1.54, 1.807) is 23.9 Å². The third-order valence-electron chi connectivity index (χ3n) is 4.49. The Morgan fingerprint density at radius 3 is 2.52 bits per heavy atom. The molecule has 0 bridgehead atoms. The zero-order valence-corrected chi connectivity index (χ0v) is 17.3. The summed E-state index contributed by atoms with van der Waals surface area (Å²) in [6, 6.07) is 9.01. The number of carbonyl (C=O) groups excluding carboxylic acids is 2. The summed E-state index contributed by atoms with van der Waals surface area (Å²) in [6.07, 6.45) is 6.23. The van der Waals surface area contributed by atoms with Crippen LogP contribution in [0.15, 0.2) is 30.3 Å². The van der Waals surface area contributed by atoms with Crippen molar-refractivity contribution in [3.8, 4) is 5.75 Å². The Bertz CT molecular complexity index is 569. The van der Waals surface area contributed by atoms with Crippen LogP contribution in [-0.2, 0) is 9.59 Å². The summed E-state index contributed by atoms with van der Waals surface area (Å²) in [5.41, 5.74) is 5.91. The van der Waals surface area contributed by atoms with Gasteiger partial charge in [0.1, 0.15) is 11.8 Å². The van der Waals surface area contributed by atoms with E-state index < -0.39 is 6.04 Å². The van der Waals surface area contributed by atoms with Gasteiger partial charge in [-0.15, -0.1) is 12.4 Å². The number of amides is 2. The van der Waals surface area contributed by atoms with Crippen molar-refractivity contribution < 1.29 is 14.3 Å². The van der Waals surface area contributed by atoms with Crippen LogP contribution in [0.25, 0.3) is 0 Å². The van der Waals surface area contributed by atoms with Crippen LogP contribution in [0.4, 0.5) is 0 Å². The predicted octanol–water partition coefficient (Wildman–Crippen LogP) is 2.11. The highest BCUT2D eigenvalue weighted by Gasteiger charge is 2.25. The van der Waals surface area contributed by atoms with Gasteiger partial charge in [-0.3, -0.25) is 9.59 Å². The second kappa shape index (κ2) is 12.9. The van der Waals surface area contributed by atoms with Crippen molar-refractivity contribution in [1.82, 2.24) is 10.6 Å². The molecule has 1 aliphatic rings. The molecule has 1 aromatic carbocycles. The maximum absolute atomic E-state index is 12.6. The van der Waals surface area contributed by atoms with Gasteiger partial charge in [-0.2, -0.15) is 11.8 Å². The Morgan fingerprint density at radius 1 is 1.22 bits per heavy atom. The Labute approximate surface area is 171 Å². The molecular weight excluding hydrogens is 386 g/mol. The molecule has 0 aromatic heterocycles. The molecule has 1 aliphatic carbocycles. The summed E-state index contributed by atoms with van der Waals surface area (Å²) < 4.78 is 5.45. The van der Waals surface area contributed by atoms with E-state index in [1.165, 1.54) is 0 Å². The van der Waals surface area contributed by atoms with Gasteiger partial charge in [0, 0.05) is 12.1 Å². The first kappa shape index (κ1) is 23.6. The molecule has 0 heterocycles. The van der Waals surface area contributed by atoms with E-state index in [9.17, 15) is 9.59 Å². The summed E-state index contributed by atoms with van der Waals surface area (Å²) in [5.74, 6) is 1.02. The lowest BCUT2D eigenvalue weighted by molar-refractivity contribution is -0.130. The summed E-state index contributed by atoms with van der Waals surface area (Å²) in [7, 11) is 0. The fourth-order valence-corrected chi connectivity index (χ4v) is 3.44. The van der Waals surface area contributed by atoms with Crippen LogP contribution in [0.5, 0.6) is 5.75 Å². The number of halogens is 1. The van der Waals surface area contributed by atoms with E-state index in [-0.39, 0.29) is 42.9 Å². The molecule has 1 saturated carbocycles. The van der Waals surface area contributed by atoms with Crippen LogP contribution < -0.4 is 21.1 Å². The lowest BCUT2D eigenvalue weighted by Crippen LogP contribution is -2.51. The minimum Gasteiger partial charge on any atom is -0.484 e. The molecule has 1 unspecified atom stereocenters. The number of hydrogen-bond donors (Lipinski definition) is 3. The number of thioether (sulfide) groups is 1. The normalized spacial score (nSPS) is 20.1. The number of nitrogens with two attached hydrogens (primary N) is 1. The largest absolute Gasteiger partial charge is 0.484 e. The number of para-hydroxylation sites is 1. The summed E-state index contributed by atoms with van der Waals surface area (Å²) in [6.45, 7) is -0.106. The average molecular weight is 416 g/mol. The van der Waals surface area contributed by atoms with Crippen molar-refractivity contribution in [2.45, 2.75) is 50.2 Å². The molecule has 152 valence electrons. The minimum absolute atomic E-state index is 0. The van der Waals surface area contributed by atoms with E-state index >= 15 is 0 Å². The van der Waals surface area contributed by atoms with E-state index in [2.05, 4.69) is 10.6 Å². The number of ether oxygens (including phenoxy) is 1. The Morgan fingerprint density at radius 2 is 1.89 bits per heavy atom. The highest BCUT2D eigenvalue weighted by molar-refractivity contribution is 7.98. The predicted molar refractivity (Wildman–Crippen MR) is 112 cm³/mol. The van der Waals surface area contributed by atoms with Crippen molar-refractivity contribution in [1.29, 1.82) is 0 Å². The van der Waals surface area contributed by atoms with Crippen LogP contribution in [0.1, 0.15) is 32.1 Å². The Kier molecular flexibility index (Phi) is 11.2. The van der Waals surface area contributed by atoms with Crippen LogP contribution in [-0.4, -0.2) is 48.6 Å². The molecule has 0 aliphatic heterocycles. The monoisotopic (exact) mass is 415 g/mol. The van der Waals surface area contributed by atoms with E-state index in [0.717, 1.165) is 31.4 Å².